The van der Waals surface area contributed by atoms with Crippen LogP contribution in [0.3, 0.4) is 0 Å². The molecule has 0 saturated heterocycles. The minimum atomic E-state index is -3.44. The number of imide groups is 1. The van der Waals surface area contributed by atoms with E-state index in [9.17, 15) is 19.3 Å². The Balaban J connectivity index is 1.92. The number of carbonyl (C=O) groups excluding carboxylic acids is 3. The predicted molar refractivity (Wildman–Crippen MR) is 105 cm³/mol. The van der Waals surface area contributed by atoms with E-state index in [1.807, 2.05) is 0 Å². The van der Waals surface area contributed by atoms with Gasteiger partial charge in [0.25, 0.3) is 11.8 Å². The number of nitrogens with one attached hydrogen (secondary N) is 2. The number of hydrogen-bond donors (Lipinski definition) is 3. The van der Waals surface area contributed by atoms with E-state index in [0.29, 0.717) is 13.0 Å². The fourth-order valence-corrected chi connectivity index (χ4v) is 4.39. The molecule has 1 aliphatic carbocycles. The number of methoxy groups -OCH3 is 2. The quantitative estimate of drug-likeness (QED) is 0.297. The van der Waals surface area contributed by atoms with Crippen LogP contribution in [0.25, 0.3) is 0 Å². The highest BCUT2D eigenvalue weighted by molar-refractivity contribution is 8.07. The molecule has 0 aromatic rings. The third-order valence-corrected chi connectivity index (χ3v) is 6.39. The first-order chi connectivity index (χ1) is 13.7. The summed E-state index contributed by atoms with van der Waals surface area (Å²) in [5.74, 6) is -1.01. The molecule has 29 heavy (non-hydrogen) atoms. The van der Waals surface area contributed by atoms with Crippen molar-refractivity contribution in [3.63, 3.8) is 0 Å². The summed E-state index contributed by atoms with van der Waals surface area (Å²) in [4.78, 5) is 46.3. The molecule has 2 aliphatic rings. The fourth-order valence-electron chi connectivity index (χ4n) is 3.40. The van der Waals surface area contributed by atoms with E-state index in [1.165, 1.54) is 33.5 Å². The summed E-state index contributed by atoms with van der Waals surface area (Å²) in [6.07, 6.45) is 1.62. The van der Waals surface area contributed by atoms with Gasteiger partial charge in [0, 0.05) is 52.5 Å². The van der Waals surface area contributed by atoms with Gasteiger partial charge in [0.15, 0.2) is 0 Å². The number of nitrogens with zero attached hydrogens (tertiary/aromatic N) is 1. The van der Waals surface area contributed by atoms with Crippen LogP contribution >= 0.6 is 6.72 Å². The normalized spacial score (nSPS) is 28.6. The van der Waals surface area contributed by atoms with Gasteiger partial charge >= 0.3 is 12.7 Å². The van der Waals surface area contributed by atoms with Crippen LogP contribution in [-0.2, 0) is 39.9 Å². The number of ether oxygens (including phenoxy) is 2. The maximum atomic E-state index is 12.3. The number of rotatable bonds is 10. The van der Waals surface area contributed by atoms with Crippen LogP contribution in [-0.4, -0.2) is 86.9 Å². The largest absolute Gasteiger partial charge is 0.384 e. The van der Waals surface area contributed by atoms with Crippen molar-refractivity contribution in [3.8, 4) is 0 Å². The summed E-state index contributed by atoms with van der Waals surface area (Å²) in [5.41, 5.74) is 0. The Bertz CT molecular complexity index is 688. The van der Waals surface area contributed by atoms with Crippen LogP contribution in [0.4, 0.5) is 4.79 Å². The van der Waals surface area contributed by atoms with Gasteiger partial charge in [-0.25, -0.2) is 4.79 Å². The summed E-state index contributed by atoms with van der Waals surface area (Å²) in [6, 6.07) is -0.926. The van der Waals surface area contributed by atoms with Crippen molar-refractivity contribution in [2.75, 3.05) is 41.0 Å². The highest BCUT2D eigenvalue weighted by atomic mass is 32.5. The van der Waals surface area contributed by atoms with E-state index < -0.39 is 42.8 Å². The lowest BCUT2D eigenvalue weighted by molar-refractivity contribution is -0.136. The van der Waals surface area contributed by atoms with Crippen LogP contribution < -0.4 is 10.6 Å². The molecule has 1 saturated carbocycles. The van der Waals surface area contributed by atoms with Crippen molar-refractivity contribution >= 4 is 36.4 Å². The van der Waals surface area contributed by atoms with Crippen LogP contribution in [0.1, 0.15) is 6.42 Å². The lowest BCUT2D eigenvalue weighted by Crippen LogP contribution is -2.49. The molecule has 2 unspecified atom stereocenters. The van der Waals surface area contributed by atoms with Crippen LogP contribution in [0, 0.1) is 5.92 Å². The van der Waals surface area contributed by atoms with Gasteiger partial charge in [-0.2, -0.15) is 0 Å². The molecule has 11 nitrogen and oxygen atoms in total. The minimum Gasteiger partial charge on any atom is -0.384 e. The summed E-state index contributed by atoms with van der Waals surface area (Å²) in [7, 11) is 4.26. The molecule has 0 spiro atoms. The summed E-state index contributed by atoms with van der Waals surface area (Å²) in [5, 5.41) is 5.40. The van der Waals surface area contributed by atoms with Crippen LogP contribution in [0.2, 0.25) is 0 Å². The van der Waals surface area contributed by atoms with Crippen molar-refractivity contribution in [1.29, 1.82) is 0 Å². The average Bonchev–Trinajstić information content (AvgIpc) is 3.15. The zero-order valence-corrected chi connectivity index (χ0v) is 18.1. The van der Waals surface area contributed by atoms with Gasteiger partial charge in [0.2, 0.25) is 0 Å². The Labute approximate surface area is 173 Å². The molecular weight excluding hydrogens is 425 g/mol. The van der Waals surface area contributed by atoms with E-state index >= 15 is 0 Å². The van der Waals surface area contributed by atoms with E-state index in [4.69, 9.17) is 30.3 Å². The second kappa shape index (κ2) is 10.6. The first-order valence-corrected chi connectivity index (χ1v) is 11.5. The van der Waals surface area contributed by atoms with Crippen molar-refractivity contribution in [2.45, 2.75) is 24.7 Å². The van der Waals surface area contributed by atoms with Gasteiger partial charge in [-0.15, -0.1) is 0 Å². The van der Waals surface area contributed by atoms with Gasteiger partial charge in [0.1, 0.15) is 12.2 Å². The van der Waals surface area contributed by atoms with Gasteiger partial charge in [-0.3, -0.25) is 14.5 Å². The Kier molecular flexibility index (Phi) is 8.71. The van der Waals surface area contributed by atoms with Crippen LogP contribution in [0.15, 0.2) is 12.2 Å². The van der Waals surface area contributed by atoms with E-state index in [-0.39, 0.29) is 19.0 Å². The molecule has 3 N–H and O–H groups in total. The number of carbonyl (C=O) groups is 3. The van der Waals surface area contributed by atoms with Crippen molar-refractivity contribution in [1.82, 2.24) is 15.5 Å². The Morgan fingerprint density at radius 2 is 1.93 bits per heavy atom. The van der Waals surface area contributed by atoms with Crippen molar-refractivity contribution < 1.29 is 37.8 Å². The summed E-state index contributed by atoms with van der Waals surface area (Å²) >= 11 is 4.94. The molecule has 0 radical (unpaired) electrons. The monoisotopic (exact) mass is 451 g/mol. The maximum absolute atomic E-state index is 12.3. The number of hydrogen-bond acceptors (Lipinski definition) is 8. The van der Waals surface area contributed by atoms with Crippen LogP contribution in [0.5, 0.6) is 0 Å². The number of amides is 4. The molecule has 13 heteroatoms. The molecule has 4 amide bonds. The molecule has 1 aliphatic heterocycles. The molecule has 1 fully saturated rings. The number of urea groups is 1. The predicted octanol–water partition coefficient (Wildman–Crippen LogP) is -0.491. The Morgan fingerprint density at radius 1 is 1.28 bits per heavy atom. The molecule has 0 aromatic carbocycles. The second-order valence-electron chi connectivity index (χ2n) is 6.54. The van der Waals surface area contributed by atoms with Crippen molar-refractivity contribution in [3.05, 3.63) is 12.2 Å². The maximum Gasteiger partial charge on any atom is 0.324 e. The average molecular weight is 451 g/mol. The van der Waals surface area contributed by atoms with Crippen molar-refractivity contribution in [2.24, 2.45) is 5.92 Å². The lowest BCUT2D eigenvalue weighted by Gasteiger charge is -2.28. The molecule has 0 aromatic heterocycles. The van der Waals surface area contributed by atoms with E-state index in [0.717, 1.165) is 4.90 Å². The molecule has 2 rings (SSSR count). The SMILES string of the molecule is COC[C@H]1C[C@H](NC(=O)NCCN2C(=O)C=CC2=O)[C@@H](OC)C1OP(O)(=S)OC. The van der Waals surface area contributed by atoms with E-state index in [1.54, 1.807) is 0 Å². The highest BCUT2D eigenvalue weighted by Gasteiger charge is 2.47. The molecular formula is C16H26N3O8PS. The molecule has 0 bridgehead atoms. The standard InChI is InChI=1S/C16H26N3O8PS/c1-24-9-10-8-11(15(25-2)14(10)27-28(23,29)26-3)18-16(22)17-6-7-19-12(20)4-5-13(19)21/h4-5,10-11,14-15H,6-9H2,1-3H3,(H,23,29)(H2,17,18,22)/t10-,11+,14?,15-,28?/m1/s1. The second-order valence-corrected chi connectivity index (χ2v) is 9.44. The summed E-state index contributed by atoms with van der Waals surface area (Å²) < 4.78 is 21.2. The van der Waals surface area contributed by atoms with Gasteiger partial charge < -0.3 is 34.0 Å². The molecule has 164 valence electrons. The fraction of sp³-hybridized carbons (Fsp3) is 0.688. The Morgan fingerprint density at radius 3 is 2.48 bits per heavy atom. The third kappa shape index (κ3) is 6.29. The topological polar surface area (TPSA) is 136 Å². The van der Waals surface area contributed by atoms with Gasteiger partial charge in [0.05, 0.1) is 12.6 Å². The first-order valence-electron chi connectivity index (χ1n) is 8.89. The van der Waals surface area contributed by atoms with Gasteiger partial charge in [-0.05, 0) is 18.2 Å². The smallest absolute Gasteiger partial charge is 0.324 e. The highest BCUT2D eigenvalue weighted by Crippen LogP contribution is 2.48. The Hall–Kier alpha value is -1.40. The van der Waals surface area contributed by atoms with Gasteiger partial charge in [-0.1, -0.05) is 0 Å². The molecule has 5 atom stereocenters. The summed E-state index contributed by atoms with van der Waals surface area (Å²) in [6.45, 7) is -2.97. The minimum absolute atomic E-state index is 0.0653. The zero-order chi connectivity index (χ0) is 21.6. The first kappa shape index (κ1) is 23.9. The third-order valence-electron chi connectivity index (χ3n) is 4.72. The van der Waals surface area contributed by atoms with E-state index in [2.05, 4.69) is 10.6 Å². The zero-order valence-electron chi connectivity index (χ0n) is 16.4. The molecule has 1 heterocycles. The lowest BCUT2D eigenvalue weighted by atomic mass is 10.1.